The van der Waals surface area contributed by atoms with Gasteiger partial charge in [-0.05, 0) is 32.0 Å². The third kappa shape index (κ3) is 3.44. The van der Waals surface area contributed by atoms with Crippen LogP contribution in [0.5, 0.6) is 5.75 Å². The summed E-state index contributed by atoms with van der Waals surface area (Å²) in [6.07, 6.45) is 0. The first-order valence-corrected chi connectivity index (χ1v) is 12.4. The van der Waals surface area contributed by atoms with Gasteiger partial charge >= 0.3 is 0 Å². The third-order valence-corrected chi connectivity index (χ3v) is 7.33. The molecule has 4 rings (SSSR count). The molecule has 0 spiro atoms. The van der Waals surface area contributed by atoms with Gasteiger partial charge in [-0.1, -0.05) is 40.8 Å². The van der Waals surface area contributed by atoms with Gasteiger partial charge in [0, 0.05) is 51.5 Å². The molecule has 0 fully saturated rings. The summed E-state index contributed by atoms with van der Waals surface area (Å²) < 4.78 is 8.88. The van der Waals surface area contributed by atoms with E-state index in [9.17, 15) is 4.79 Å². The van der Waals surface area contributed by atoms with Gasteiger partial charge in [0.05, 0.1) is 18.3 Å². The van der Waals surface area contributed by atoms with Gasteiger partial charge in [-0.3, -0.25) is 4.79 Å². The van der Waals surface area contributed by atoms with Crippen molar-refractivity contribution in [1.82, 2.24) is 9.47 Å². The van der Waals surface area contributed by atoms with Crippen molar-refractivity contribution in [3.05, 3.63) is 48.0 Å². The number of methoxy groups -OCH3 is 1. The van der Waals surface area contributed by atoms with Crippen molar-refractivity contribution < 1.29 is 9.53 Å². The van der Waals surface area contributed by atoms with E-state index in [-0.39, 0.29) is 11.2 Å². The Hall–Kier alpha value is -1.67. The predicted octanol–water partition coefficient (Wildman–Crippen LogP) is 5.77. The topological polar surface area (TPSA) is 34.5 Å². The Balaban J connectivity index is 2.04. The predicted molar refractivity (Wildman–Crippen MR) is 129 cm³/mol. The van der Waals surface area contributed by atoms with E-state index in [0.29, 0.717) is 0 Å². The van der Waals surface area contributed by atoms with E-state index in [4.69, 9.17) is 4.74 Å². The van der Waals surface area contributed by atoms with Crippen molar-refractivity contribution in [3.8, 4) is 17.0 Å². The molecule has 0 unspecified atom stereocenters. The highest BCUT2D eigenvalue weighted by molar-refractivity contribution is 14.1. The highest BCUT2D eigenvalue weighted by Crippen LogP contribution is 2.53. The first kappa shape index (κ1) is 20.6. The highest BCUT2D eigenvalue weighted by Gasteiger charge is 2.37. The molecule has 2 heterocycles. The van der Waals surface area contributed by atoms with Gasteiger partial charge in [-0.2, -0.15) is 0 Å². The number of aryl methyl sites for hydroxylation is 1. The number of halogens is 1. The largest absolute Gasteiger partial charge is 0.497 e. The van der Waals surface area contributed by atoms with Crippen LogP contribution >= 0.6 is 34.4 Å². The van der Waals surface area contributed by atoms with Gasteiger partial charge in [0.25, 0.3) is 0 Å². The summed E-state index contributed by atoms with van der Waals surface area (Å²) in [5, 5.41) is 0.921. The lowest BCUT2D eigenvalue weighted by molar-refractivity contribution is -0.130. The number of alkyl halides is 1. The zero-order valence-corrected chi connectivity index (χ0v) is 19.9. The van der Waals surface area contributed by atoms with Gasteiger partial charge < -0.3 is 14.2 Å². The summed E-state index contributed by atoms with van der Waals surface area (Å²) in [4.78, 5) is 16.7. The summed E-state index contributed by atoms with van der Waals surface area (Å²) >= 11 is 4.11. The molecule has 0 radical (unpaired) electrons. The van der Waals surface area contributed by atoms with E-state index >= 15 is 0 Å². The van der Waals surface area contributed by atoms with Crippen LogP contribution in [0.3, 0.4) is 0 Å². The SMILES string of the molecule is CCN(CC)C(=O)[C@H]1Sc2ccccc2-c2c1c1ccc(OC)cc1n2CCI. The minimum absolute atomic E-state index is 0.195. The molecule has 1 aliphatic heterocycles. The number of ether oxygens (including phenoxy) is 1. The number of hydrogen-bond donors (Lipinski definition) is 0. The number of benzene rings is 2. The zero-order valence-electron chi connectivity index (χ0n) is 16.9. The number of carbonyl (C=O) groups is 1. The molecule has 3 aromatic rings. The Bertz CT molecular complexity index is 1060. The standard InChI is InChI=1S/C23H25IN2O2S/c1-4-25(5-2)23(27)22-20-16-11-10-15(28-3)14-18(16)26(13-12-24)21(20)17-8-6-7-9-19(17)29-22/h6-11,14,22H,4-5,12-13H2,1-3H3/t22-/m0/s1. The van der Waals surface area contributed by atoms with Crippen LogP contribution in [-0.2, 0) is 11.3 Å². The molecule has 1 amide bonds. The van der Waals surface area contributed by atoms with E-state index in [1.54, 1.807) is 18.9 Å². The molecule has 1 aromatic heterocycles. The van der Waals surface area contributed by atoms with Gasteiger partial charge in [0.15, 0.2) is 0 Å². The molecule has 4 nitrogen and oxygen atoms in total. The van der Waals surface area contributed by atoms with Crippen molar-refractivity contribution in [2.24, 2.45) is 0 Å². The quantitative estimate of drug-likeness (QED) is 0.306. The van der Waals surface area contributed by atoms with Crippen molar-refractivity contribution in [2.45, 2.75) is 30.5 Å². The average molecular weight is 520 g/mol. The Morgan fingerprint density at radius 2 is 1.97 bits per heavy atom. The molecule has 0 bridgehead atoms. The van der Waals surface area contributed by atoms with Crippen LogP contribution in [-0.4, -0.2) is 40.0 Å². The molecule has 0 saturated heterocycles. The summed E-state index contributed by atoms with van der Waals surface area (Å²) in [7, 11) is 1.70. The molecule has 6 heteroatoms. The summed E-state index contributed by atoms with van der Waals surface area (Å²) in [5.74, 6) is 1.04. The Labute approximate surface area is 189 Å². The lowest BCUT2D eigenvalue weighted by atomic mass is 10.0. The van der Waals surface area contributed by atoms with Crippen LogP contribution in [0.4, 0.5) is 0 Å². The van der Waals surface area contributed by atoms with Gasteiger partial charge in [0.1, 0.15) is 11.0 Å². The fourth-order valence-electron chi connectivity index (χ4n) is 4.18. The summed E-state index contributed by atoms with van der Waals surface area (Å²) in [6, 6.07) is 14.7. The minimum atomic E-state index is -0.230. The second-order valence-corrected chi connectivity index (χ2v) is 9.22. The highest BCUT2D eigenvalue weighted by atomic mass is 127. The number of rotatable bonds is 6. The number of amides is 1. The number of fused-ring (bicyclic) bond motifs is 5. The molecule has 0 N–H and O–H groups in total. The zero-order chi connectivity index (χ0) is 20.5. The normalized spacial score (nSPS) is 15.1. The maximum atomic E-state index is 13.5. The van der Waals surface area contributed by atoms with Crippen molar-refractivity contribution >= 4 is 51.2 Å². The van der Waals surface area contributed by atoms with Crippen LogP contribution in [0.1, 0.15) is 24.7 Å². The lowest BCUT2D eigenvalue weighted by Gasteiger charge is -2.30. The number of carbonyl (C=O) groups excluding carboxylic acids is 1. The van der Waals surface area contributed by atoms with Gasteiger partial charge in [-0.25, -0.2) is 0 Å². The van der Waals surface area contributed by atoms with Crippen LogP contribution in [0, 0.1) is 0 Å². The fraction of sp³-hybridized carbons (Fsp3) is 0.348. The van der Waals surface area contributed by atoms with Crippen LogP contribution in [0.25, 0.3) is 22.2 Å². The summed E-state index contributed by atoms with van der Waals surface area (Å²) in [5.41, 5.74) is 4.69. The molecule has 152 valence electrons. The Kier molecular flexibility index (Phi) is 6.11. The van der Waals surface area contributed by atoms with Crippen LogP contribution < -0.4 is 4.74 Å². The van der Waals surface area contributed by atoms with E-state index in [1.807, 2.05) is 24.8 Å². The second-order valence-electron chi connectivity index (χ2n) is 6.99. The molecule has 1 atom stereocenters. The number of thioether (sulfide) groups is 1. The molecule has 2 aromatic carbocycles. The smallest absolute Gasteiger partial charge is 0.240 e. The van der Waals surface area contributed by atoms with Crippen molar-refractivity contribution in [3.63, 3.8) is 0 Å². The number of hydrogen-bond acceptors (Lipinski definition) is 3. The van der Waals surface area contributed by atoms with Crippen molar-refractivity contribution in [2.75, 3.05) is 24.6 Å². The third-order valence-electron chi connectivity index (χ3n) is 5.57. The Morgan fingerprint density at radius 3 is 2.66 bits per heavy atom. The van der Waals surface area contributed by atoms with Crippen molar-refractivity contribution in [1.29, 1.82) is 0 Å². The maximum Gasteiger partial charge on any atom is 0.240 e. The molecular weight excluding hydrogens is 495 g/mol. The monoisotopic (exact) mass is 520 g/mol. The number of likely N-dealkylation sites (N-methyl/N-ethyl adjacent to an activating group) is 1. The Morgan fingerprint density at radius 1 is 1.21 bits per heavy atom. The van der Waals surface area contributed by atoms with Gasteiger partial charge in [0.2, 0.25) is 5.91 Å². The maximum absolute atomic E-state index is 13.5. The van der Waals surface area contributed by atoms with E-state index in [2.05, 4.69) is 63.6 Å². The molecule has 0 saturated carbocycles. The first-order valence-electron chi connectivity index (χ1n) is 9.95. The number of aromatic nitrogens is 1. The molecular formula is C23H25IN2O2S. The second kappa shape index (κ2) is 8.60. The fourth-order valence-corrected chi connectivity index (χ4v) is 5.97. The van der Waals surface area contributed by atoms with E-state index in [0.717, 1.165) is 46.3 Å². The molecule has 0 aliphatic carbocycles. The van der Waals surface area contributed by atoms with Gasteiger partial charge in [-0.15, -0.1) is 11.8 Å². The number of nitrogens with zero attached hydrogens (tertiary/aromatic N) is 2. The average Bonchev–Trinajstić information content (AvgIpc) is 3.08. The molecule has 29 heavy (non-hydrogen) atoms. The van der Waals surface area contributed by atoms with Crippen LogP contribution in [0.15, 0.2) is 47.4 Å². The van der Waals surface area contributed by atoms with E-state index in [1.165, 1.54) is 16.2 Å². The van der Waals surface area contributed by atoms with E-state index < -0.39 is 0 Å². The lowest BCUT2D eigenvalue weighted by Crippen LogP contribution is -2.34. The minimum Gasteiger partial charge on any atom is -0.497 e. The summed E-state index contributed by atoms with van der Waals surface area (Å²) in [6.45, 7) is 6.44. The molecule has 1 aliphatic rings. The first-order chi connectivity index (χ1) is 14.1. The van der Waals surface area contributed by atoms with Crippen LogP contribution in [0.2, 0.25) is 0 Å².